The van der Waals surface area contributed by atoms with Crippen LogP contribution in [0.3, 0.4) is 0 Å². The van der Waals surface area contributed by atoms with Gasteiger partial charge in [0, 0.05) is 18.5 Å². The number of Topliss-reactive ketones (excluding diaryl/α,β-unsaturated/α-hetero) is 1. The van der Waals surface area contributed by atoms with E-state index in [1.54, 1.807) is 30.3 Å². The first-order chi connectivity index (χ1) is 16.4. The predicted molar refractivity (Wildman–Crippen MR) is 132 cm³/mol. The summed E-state index contributed by atoms with van der Waals surface area (Å²) < 4.78 is 22.0. The Hall–Kier alpha value is -1.92. The number of hydrogen-bond donors (Lipinski definition) is 0. The number of nitrogens with zero attached hydrogens (tertiary/aromatic N) is 1. The summed E-state index contributed by atoms with van der Waals surface area (Å²) in [5.74, 6) is 0.249. The number of phosphoric acid groups is 1. The molecule has 180 valence electrons. The minimum absolute atomic E-state index is 0. The minimum Gasteiger partial charge on any atom is -0.736 e. The van der Waals surface area contributed by atoms with Crippen LogP contribution in [-0.2, 0) is 17.4 Å². The maximum atomic E-state index is 12.6. The Balaban J connectivity index is 0.00000432. The van der Waals surface area contributed by atoms with Crippen LogP contribution < -0.4 is 43.5 Å². The predicted octanol–water partition coefficient (Wildman–Crippen LogP) is 2.32. The number of ketones is 1. The molecule has 0 saturated heterocycles. The maximum absolute atomic E-state index is 12.6. The molecule has 0 aromatic heterocycles. The molecule has 0 fully saturated rings. The van der Waals surface area contributed by atoms with Gasteiger partial charge in [0.2, 0.25) is 0 Å². The van der Waals surface area contributed by atoms with Crippen LogP contribution in [0.5, 0.6) is 11.5 Å². The van der Waals surface area contributed by atoms with Gasteiger partial charge in [-0.25, -0.2) is 4.57 Å². The van der Waals surface area contributed by atoms with E-state index in [-0.39, 0.29) is 46.8 Å². The molecule has 0 N–H and O–H groups in total. The summed E-state index contributed by atoms with van der Waals surface area (Å²) >= 11 is 0. The van der Waals surface area contributed by atoms with Gasteiger partial charge < -0.3 is 18.8 Å². The summed E-state index contributed by atoms with van der Waals surface area (Å²) in [6, 6.07) is 22.6. The Kier molecular flexibility index (Phi) is 12.2. The molecule has 0 heterocycles. The van der Waals surface area contributed by atoms with Gasteiger partial charge in [-0.3, -0.25) is 4.79 Å². The molecular formula is C27H31NNaO5P. The van der Waals surface area contributed by atoms with Crippen LogP contribution in [-0.4, -0.2) is 30.3 Å². The van der Waals surface area contributed by atoms with Crippen molar-refractivity contribution < 1.29 is 52.9 Å². The normalized spacial score (nSPS) is 12.5. The molecule has 0 amide bonds. The van der Waals surface area contributed by atoms with E-state index in [9.17, 15) is 14.3 Å². The van der Waals surface area contributed by atoms with E-state index in [1.165, 1.54) is 29.8 Å². The monoisotopic (exact) mass is 503 g/mol. The number of phosphoric ester groups is 1. The van der Waals surface area contributed by atoms with E-state index in [1.807, 2.05) is 0 Å². The molecule has 8 heteroatoms. The molecule has 0 aliphatic carbocycles. The van der Waals surface area contributed by atoms with Gasteiger partial charge >= 0.3 is 37.4 Å². The Morgan fingerprint density at radius 3 is 1.86 bits per heavy atom. The van der Waals surface area contributed by atoms with Gasteiger partial charge in [0.1, 0.15) is 11.5 Å². The first kappa shape index (κ1) is 29.3. The zero-order valence-corrected chi connectivity index (χ0v) is 23.6. The zero-order chi connectivity index (χ0) is 24.4. The van der Waals surface area contributed by atoms with E-state index in [2.05, 4.69) is 43.0 Å². The molecule has 6 nitrogen and oxygen atoms in total. The number of para-hydroxylation sites is 1. The third kappa shape index (κ3) is 9.92. The van der Waals surface area contributed by atoms with Crippen LogP contribution in [0.4, 0.5) is 0 Å². The van der Waals surface area contributed by atoms with Crippen molar-refractivity contribution in [2.45, 2.75) is 33.1 Å². The van der Waals surface area contributed by atoms with Crippen LogP contribution in [0.15, 0.2) is 78.9 Å². The zero-order valence-electron chi connectivity index (χ0n) is 20.7. The van der Waals surface area contributed by atoms with Crippen LogP contribution in [0.1, 0.15) is 41.8 Å². The molecule has 0 radical (unpaired) electrons. The van der Waals surface area contributed by atoms with Crippen molar-refractivity contribution in [3.05, 3.63) is 95.6 Å². The number of carbonyl (C=O) groups is 1. The van der Waals surface area contributed by atoms with Crippen molar-refractivity contribution in [2.75, 3.05) is 19.6 Å². The Labute approximate surface area is 230 Å². The van der Waals surface area contributed by atoms with Gasteiger partial charge in [-0.15, -0.1) is 0 Å². The molecule has 0 saturated carbocycles. The smallest absolute Gasteiger partial charge is 0.736 e. The van der Waals surface area contributed by atoms with Gasteiger partial charge in [0.25, 0.3) is 0 Å². The number of rotatable bonds is 13. The van der Waals surface area contributed by atoms with Gasteiger partial charge in [0.05, 0.1) is 0 Å². The van der Waals surface area contributed by atoms with Gasteiger partial charge in [-0.2, -0.15) is 0 Å². The van der Waals surface area contributed by atoms with Crippen molar-refractivity contribution >= 4 is 13.6 Å². The van der Waals surface area contributed by atoms with Crippen molar-refractivity contribution in [3.63, 3.8) is 0 Å². The molecule has 0 bridgehead atoms. The molecule has 1 unspecified atom stereocenters. The molecule has 0 aliphatic rings. The number of carbonyl (C=O) groups excluding carboxylic acids is 1. The van der Waals surface area contributed by atoms with E-state index in [0.29, 0.717) is 18.4 Å². The van der Waals surface area contributed by atoms with E-state index in [0.717, 1.165) is 31.6 Å². The quantitative estimate of drug-likeness (QED) is 0.202. The fourth-order valence-corrected chi connectivity index (χ4v) is 4.36. The fourth-order valence-electron chi connectivity index (χ4n) is 3.56. The Morgan fingerprint density at radius 2 is 1.31 bits per heavy atom. The topological polar surface area (TPSA) is 78.9 Å². The van der Waals surface area contributed by atoms with Gasteiger partial charge in [-0.1, -0.05) is 56.3 Å². The third-order valence-electron chi connectivity index (χ3n) is 5.63. The SMILES string of the molecule is CCN(CC)CCc1ccc(CCC(=O)c2ccc(OP(=O)([O-])Oc3ccccc3)cc2)cc1.[Na+]. The van der Waals surface area contributed by atoms with Gasteiger partial charge in [-0.05, 0) is 73.5 Å². The molecule has 35 heavy (non-hydrogen) atoms. The average molecular weight is 504 g/mol. The second kappa shape index (κ2) is 14.6. The molecule has 3 aromatic rings. The van der Waals surface area contributed by atoms with Crippen LogP contribution in [0, 0.1) is 0 Å². The molecule has 0 aliphatic heterocycles. The molecule has 1 atom stereocenters. The summed E-state index contributed by atoms with van der Waals surface area (Å²) in [5, 5.41) is 0. The maximum Gasteiger partial charge on any atom is 1.00 e. The molecule has 3 aromatic carbocycles. The first-order valence-electron chi connectivity index (χ1n) is 11.6. The fraction of sp³-hybridized carbons (Fsp3) is 0.296. The summed E-state index contributed by atoms with van der Waals surface area (Å²) in [7, 11) is -4.58. The third-order valence-corrected chi connectivity index (χ3v) is 6.50. The number of hydrogen-bond acceptors (Lipinski definition) is 6. The van der Waals surface area contributed by atoms with E-state index in [4.69, 9.17) is 9.05 Å². The van der Waals surface area contributed by atoms with Crippen molar-refractivity contribution in [3.8, 4) is 11.5 Å². The standard InChI is InChI=1S/C27H32NO5P.Na/c1-3-28(4-2)21-20-23-12-10-22(11-13-23)14-19-27(29)24-15-17-26(18-16-24)33-34(30,31)32-25-8-6-5-7-9-25;/h5-13,15-18H,3-4,14,19-21H2,1-2H3,(H,30,31);/q;+1/p-1. The second-order valence-electron chi connectivity index (χ2n) is 7.98. The molecular weight excluding hydrogens is 472 g/mol. The van der Waals surface area contributed by atoms with Gasteiger partial charge in [0.15, 0.2) is 5.78 Å². The second-order valence-corrected chi connectivity index (χ2v) is 9.24. The number of likely N-dealkylation sites (N-methyl/N-ethyl adjacent to an activating group) is 1. The Bertz CT molecular complexity index is 1090. The number of benzene rings is 3. The summed E-state index contributed by atoms with van der Waals surface area (Å²) in [6.45, 7) is 7.51. The molecule has 0 spiro atoms. The minimum atomic E-state index is -4.58. The summed E-state index contributed by atoms with van der Waals surface area (Å²) in [5.41, 5.74) is 2.92. The largest absolute Gasteiger partial charge is 1.00 e. The van der Waals surface area contributed by atoms with Crippen molar-refractivity contribution in [1.29, 1.82) is 0 Å². The van der Waals surface area contributed by atoms with Crippen LogP contribution >= 0.6 is 7.82 Å². The van der Waals surface area contributed by atoms with E-state index >= 15 is 0 Å². The molecule has 3 rings (SSSR count). The van der Waals surface area contributed by atoms with Crippen molar-refractivity contribution in [1.82, 2.24) is 4.90 Å². The first-order valence-corrected chi connectivity index (χ1v) is 13.0. The average Bonchev–Trinajstić information content (AvgIpc) is 2.84. The van der Waals surface area contributed by atoms with Crippen molar-refractivity contribution in [2.24, 2.45) is 0 Å². The Morgan fingerprint density at radius 1 is 0.800 bits per heavy atom. The summed E-state index contributed by atoms with van der Waals surface area (Å²) in [6.07, 6.45) is 2.03. The number of aryl methyl sites for hydroxylation is 1. The van der Waals surface area contributed by atoms with Crippen LogP contribution in [0.25, 0.3) is 0 Å². The summed E-state index contributed by atoms with van der Waals surface area (Å²) in [4.78, 5) is 27.1. The van der Waals surface area contributed by atoms with E-state index < -0.39 is 7.82 Å². The van der Waals surface area contributed by atoms with Crippen LogP contribution in [0.2, 0.25) is 0 Å².